The molecule has 3 rings (SSSR count). The second-order valence-electron chi connectivity index (χ2n) is 8.35. The summed E-state index contributed by atoms with van der Waals surface area (Å²) in [5.74, 6) is -0.107. The van der Waals surface area contributed by atoms with Crippen LogP contribution < -0.4 is 15.4 Å². The normalized spacial score (nSPS) is 18.2. The van der Waals surface area contributed by atoms with Crippen LogP contribution in [0.4, 0.5) is 14.9 Å². The lowest BCUT2D eigenvalue weighted by Gasteiger charge is -2.37. The molecule has 172 valence electrons. The van der Waals surface area contributed by atoms with Gasteiger partial charge in [-0.05, 0) is 61.2 Å². The van der Waals surface area contributed by atoms with E-state index in [1.165, 1.54) is 6.07 Å². The highest BCUT2D eigenvalue weighted by Gasteiger charge is 2.34. The summed E-state index contributed by atoms with van der Waals surface area (Å²) in [6.07, 6.45) is 2.48. The van der Waals surface area contributed by atoms with E-state index in [0.717, 1.165) is 18.4 Å². The molecule has 1 aliphatic heterocycles. The summed E-state index contributed by atoms with van der Waals surface area (Å²) in [6, 6.07) is 12.0. The van der Waals surface area contributed by atoms with Crippen molar-refractivity contribution in [2.24, 2.45) is 5.92 Å². The molecular weight excluding hydrogens is 409 g/mol. The number of urea groups is 1. The SMILES string of the molecule is CCCCNC(=O)N1C[C@@H](C(=O)Nc2ccc(OC)cc2)C[C@@H](c2ccc(F)c(C)c2)C1. The Morgan fingerprint density at radius 2 is 1.91 bits per heavy atom. The first-order valence-corrected chi connectivity index (χ1v) is 11.1. The van der Waals surface area contributed by atoms with Crippen LogP contribution in [0.15, 0.2) is 42.5 Å². The molecule has 0 aromatic heterocycles. The number of aryl methyl sites for hydroxylation is 1. The molecule has 2 aromatic rings. The number of hydrogen-bond donors (Lipinski definition) is 2. The molecule has 7 heteroatoms. The first kappa shape index (κ1) is 23.6. The van der Waals surface area contributed by atoms with Gasteiger partial charge in [-0.1, -0.05) is 25.5 Å². The number of carbonyl (C=O) groups excluding carboxylic acids is 2. The van der Waals surface area contributed by atoms with Crippen LogP contribution in [0.25, 0.3) is 0 Å². The van der Waals surface area contributed by atoms with Gasteiger partial charge in [-0.15, -0.1) is 0 Å². The lowest BCUT2D eigenvalue weighted by Crippen LogP contribution is -2.50. The zero-order valence-corrected chi connectivity index (χ0v) is 19.0. The standard InChI is InChI=1S/C25H32FN3O3/c1-4-5-12-27-25(31)29-15-19(18-6-11-23(26)17(2)13-18)14-20(16-29)24(30)28-21-7-9-22(32-3)10-8-21/h6-11,13,19-20H,4-5,12,14-16H2,1-3H3,(H,27,31)(H,28,30)/t19-,20+/m1/s1. The third-order valence-corrected chi connectivity index (χ3v) is 5.93. The summed E-state index contributed by atoms with van der Waals surface area (Å²) >= 11 is 0. The smallest absolute Gasteiger partial charge is 0.317 e. The van der Waals surface area contributed by atoms with Gasteiger partial charge in [0, 0.05) is 31.2 Å². The maximum absolute atomic E-state index is 13.8. The number of nitrogens with one attached hydrogen (secondary N) is 2. The van der Waals surface area contributed by atoms with Crippen molar-refractivity contribution >= 4 is 17.6 Å². The van der Waals surface area contributed by atoms with Gasteiger partial charge in [0.1, 0.15) is 11.6 Å². The Bertz CT molecular complexity index is 933. The second-order valence-corrected chi connectivity index (χ2v) is 8.35. The summed E-state index contributed by atoms with van der Waals surface area (Å²) in [7, 11) is 1.59. The minimum atomic E-state index is -0.377. The Morgan fingerprint density at radius 3 is 2.56 bits per heavy atom. The molecule has 1 fully saturated rings. The molecule has 2 N–H and O–H groups in total. The topological polar surface area (TPSA) is 70.7 Å². The Balaban J connectivity index is 1.77. The summed E-state index contributed by atoms with van der Waals surface area (Å²) in [5.41, 5.74) is 2.18. The van der Waals surface area contributed by atoms with Crippen molar-refractivity contribution in [3.63, 3.8) is 0 Å². The minimum absolute atomic E-state index is 0.0495. The first-order valence-electron chi connectivity index (χ1n) is 11.1. The molecule has 0 spiro atoms. The molecule has 1 saturated heterocycles. The van der Waals surface area contributed by atoms with Gasteiger partial charge in [0.15, 0.2) is 0 Å². The average Bonchev–Trinajstić information content (AvgIpc) is 2.81. The maximum Gasteiger partial charge on any atom is 0.317 e. The summed E-state index contributed by atoms with van der Waals surface area (Å²) in [6.45, 7) is 5.24. The third kappa shape index (κ3) is 5.99. The molecule has 1 heterocycles. The van der Waals surface area contributed by atoms with Crippen LogP contribution in [0.3, 0.4) is 0 Å². The average molecular weight is 442 g/mol. The van der Waals surface area contributed by atoms with Crippen LogP contribution in [-0.4, -0.2) is 43.6 Å². The number of ether oxygens (including phenoxy) is 1. The zero-order chi connectivity index (χ0) is 23.1. The molecule has 3 amide bonds. The summed E-state index contributed by atoms with van der Waals surface area (Å²) < 4.78 is 19.0. The fourth-order valence-corrected chi connectivity index (χ4v) is 4.02. The molecule has 0 saturated carbocycles. The monoisotopic (exact) mass is 441 g/mol. The van der Waals surface area contributed by atoms with E-state index in [2.05, 4.69) is 17.6 Å². The van der Waals surface area contributed by atoms with Gasteiger partial charge in [-0.2, -0.15) is 0 Å². The lowest BCUT2D eigenvalue weighted by molar-refractivity contribution is -0.121. The van der Waals surface area contributed by atoms with Crippen molar-refractivity contribution in [3.05, 3.63) is 59.4 Å². The van der Waals surface area contributed by atoms with Gasteiger partial charge in [0.05, 0.1) is 13.0 Å². The Kier molecular flexibility index (Phi) is 8.09. The molecule has 2 atom stereocenters. The van der Waals surface area contributed by atoms with Gasteiger partial charge in [0.25, 0.3) is 0 Å². The van der Waals surface area contributed by atoms with Gasteiger partial charge in [0.2, 0.25) is 5.91 Å². The third-order valence-electron chi connectivity index (χ3n) is 5.93. The highest BCUT2D eigenvalue weighted by atomic mass is 19.1. The number of rotatable bonds is 7. The lowest BCUT2D eigenvalue weighted by atomic mass is 9.83. The largest absolute Gasteiger partial charge is 0.497 e. The Hall–Kier alpha value is -3.09. The van der Waals surface area contributed by atoms with E-state index < -0.39 is 0 Å². The van der Waals surface area contributed by atoms with Crippen molar-refractivity contribution in [1.82, 2.24) is 10.2 Å². The molecule has 6 nitrogen and oxygen atoms in total. The number of carbonyl (C=O) groups is 2. The number of hydrogen-bond acceptors (Lipinski definition) is 3. The number of piperidine rings is 1. The summed E-state index contributed by atoms with van der Waals surface area (Å²) in [4.78, 5) is 27.6. The van der Waals surface area contributed by atoms with E-state index in [1.54, 1.807) is 49.3 Å². The number of unbranched alkanes of at least 4 members (excludes halogenated alkanes) is 1. The van der Waals surface area contributed by atoms with Crippen LogP contribution in [0.1, 0.15) is 43.2 Å². The molecule has 32 heavy (non-hydrogen) atoms. The quantitative estimate of drug-likeness (QED) is 0.612. The zero-order valence-electron chi connectivity index (χ0n) is 19.0. The van der Waals surface area contributed by atoms with E-state index >= 15 is 0 Å². The molecule has 0 aliphatic carbocycles. The van der Waals surface area contributed by atoms with Gasteiger partial charge in [-0.3, -0.25) is 4.79 Å². The van der Waals surface area contributed by atoms with E-state index in [-0.39, 0.29) is 29.6 Å². The second kappa shape index (κ2) is 11.0. The molecule has 0 bridgehead atoms. The molecular formula is C25H32FN3O3. The predicted molar refractivity (Wildman–Crippen MR) is 123 cm³/mol. The highest BCUT2D eigenvalue weighted by Crippen LogP contribution is 2.32. The predicted octanol–water partition coefficient (Wildman–Crippen LogP) is 4.70. The number of halogens is 1. The number of likely N-dealkylation sites (tertiary alicyclic amines) is 1. The van der Waals surface area contributed by atoms with Crippen molar-refractivity contribution < 1.29 is 18.7 Å². The van der Waals surface area contributed by atoms with Crippen molar-refractivity contribution in [2.75, 3.05) is 32.1 Å². The van der Waals surface area contributed by atoms with E-state index in [0.29, 0.717) is 43.1 Å². The number of benzene rings is 2. The van der Waals surface area contributed by atoms with Gasteiger partial charge in [-0.25, -0.2) is 9.18 Å². The van der Waals surface area contributed by atoms with Crippen molar-refractivity contribution in [1.29, 1.82) is 0 Å². The minimum Gasteiger partial charge on any atom is -0.497 e. The van der Waals surface area contributed by atoms with Crippen LogP contribution in [-0.2, 0) is 4.79 Å². The Morgan fingerprint density at radius 1 is 1.16 bits per heavy atom. The maximum atomic E-state index is 13.8. The molecule has 2 aromatic carbocycles. The Labute approximate surface area is 189 Å². The van der Waals surface area contributed by atoms with Crippen molar-refractivity contribution in [3.8, 4) is 5.75 Å². The van der Waals surface area contributed by atoms with Crippen LogP contribution in [0.5, 0.6) is 5.75 Å². The van der Waals surface area contributed by atoms with E-state index in [1.807, 2.05) is 6.07 Å². The van der Waals surface area contributed by atoms with Crippen LogP contribution in [0, 0.1) is 18.7 Å². The van der Waals surface area contributed by atoms with E-state index in [4.69, 9.17) is 4.74 Å². The number of amides is 3. The first-order chi connectivity index (χ1) is 15.4. The van der Waals surface area contributed by atoms with Gasteiger partial charge >= 0.3 is 6.03 Å². The summed E-state index contributed by atoms with van der Waals surface area (Å²) in [5, 5.41) is 5.90. The molecule has 1 aliphatic rings. The fourth-order valence-electron chi connectivity index (χ4n) is 4.02. The van der Waals surface area contributed by atoms with E-state index in [9.17, 15) is 14.0 Å². The highest BCUT2D eigenvalue weighted by molar-refractivity contribution is 5.93. The molecule has 0 radical (unpaired) electrons. The molecule has 0 unspecified atom stereocenters. The number of nitrogens with zero attached hydrogens (tertiary/aromatic N) is 1. The van der Waals surface area contributed by atoms with Gasteiger partial charge < -0.3 is 20.3 Å². The number of methoxy groups -OCH3 is 1. The van der Waals surface area contributed by atoms with Crippen LogP contribution >= 0.6 is 0 Å². The fraction of sp³-hybridized carbons (Fsp3) is 0.440. The van der Waals surface area contributed by atoms with Crippen molar-refractivity contribution in [2.45, 2.75) is 39.0 Å². The number of anilines is 1. The van der Waals surface area contributed by atoms with Crippen LogP contribution in [0.2, 0.25) is 0 Å².